The first-order valence-electron chi connectivity index (χ1n) is 16.7. The fourth-order valence-electron chi connectivity index (χ4n) is 8.19. The predicted octanol–water partition coefficient (Wildman–Crippen LogP) is 8.67. The Morgan fingerprint density at radius 1 is 0.667 bits per heavy atom. The largest absolute Gasteiger partial charge is 0.453 e. The van der Waals surface area contributed by atoms with Crippen molar-refractivity contribution >= 4 is 40.8 Å². The first-order chi connectivity index (χ1) is 23.6. The summed E-state index contributed by atoms with van der Waals surface area (Å²) in [6.07, 6.45) is 10.9. The van der Waals surface area contributed by atoms with Crippen LogP contribution in [0.25, 0.3) is 11.3 Å². The van der Waals surface area contributed by atoms with E-state index in [0.717, 1.165) is 58.0 Å². The van der Waals surface area contributed by atoms with Gasteiger partial charge in [0.05, 0.1) is 17.1 Å². The number of anilines is 3. The van der Waals surface area contributed by atoms with Gasteiger partial charge in [0.15, 0.2) is 11.5 Å². The molecule has 0 fully saturated rings. The number of hydrogen-bond acceptors (Lipinski definition) is 4. The highest BCUT2D eigenvalue weighted by Gasteiger charge is 2.54. The maximum atomic E-state index is 6.65. The highest BCUT2D eigenvalue weighted by atomic mass is 28.3. The van der Waals surface area contributed by atoms with Crippen LogP contribution < -0.4 is 25.3 Å². The van der Waals surface area contributed by atoms with Crippen LogP contribution in [-0.4, -0.2) is 18.0 Å². The Morgan fingerprint density at radius 3 is 2.29 bits per heavy atom. The van der Waals surface area contributed by atoms with E-state index >= 15 is 0 Å². The summed E-state index contributed by atoms with van der Waals surface area (Å²) in [5.41, 5.74) is 7.84. The van der Waals surface area contributed by atoms with Crippen LogP contribution in [0.5, 0.6) is 11.5 Å². The van der Waals surface area contributed by atoms with Crippen LogP contribution in [0.4, 0.5) is 17.1 Å². The third-order valence-corrected chi connectivity index (χ3v) is 15.1. The maximum Gasteiger partial charge on any atom is 0.202 e. The molecule has 0 bridgehead atoms. The van der Waals surface area contributed by atoms with E-state index in [9.17, 15) is 0 Å². The predicted molar refractivity (Wildman–Crippen MR) is 198 cm³/mol. The minimum absolute atomic E-state index is 0.109. The Balaban J connectivity index is 1.33. The van der Waals surface area contributed by atoms with Gasteiger partial charge in [-0.15, -0.1) is 0 Å². The molecule has 5 heteroatoms. The van der Waals surface area contributed by atoms with Gasteiger partial charge in [-0.3, -0.25) is 9.97 Å². The van der Waals surface area contributed by atoms with Crippen LogP contribution in [0, 0.1) is 0 Å². The van der Waals surface area contributed by atoms with Crippen LogP contribution in [0.1, 0.15) is 32.3 Å². The molecule has 3 aliphatic rings. The molecule has 0 saturated carbocycles. The van der Waals surface area contributed by atoms with E-state index < -0.39 is 8.07 Å². The molecule has 9 rings (SSSR count). The first kappa shape index (κ1) is 28.7. The van der Waals surface area contributed by atoms with Crippen LogP contribution in [0.3, 0.4) is 0 Å². The molecule has 4 nitrogen and oxygen atoms in total. The fraction of sp³-hybridized carbons (Fsp3) is 0.116. The molecule has 6 aromatic rings. The Kier molecular flexibility index (Phi) is 6.59. The van der Waals surface area contributed by atoms with Crippen molar-refractivity contribution in [2.24, 2.45) is 0 Å². The normalized spacial score (nSPS) is 18.7. The second-order valence-corrected chi connectivity index (χ2v) is 17.0. The van der Waals surface area contributed by atoms with Crippen molar-refractivity contribution < 1.29 is 4.74 Å². The Bertz CT molecular complexity index is 2260. The molecule has 1 atom stereocenters. The molecule has 48 heavy (non-hydrogen) atoms. The van der Waals surface area contributed by atoms with Gasteiger partial charge in [-0.1, -0.05) is 92.7 Å². The molecular weight excluding hydrogens is 603 g/mol. The highest BCUT2D eigenvalue weighted by Crippen LogP contribution is 2.51. The number of hydrogen-bond donors (Lipinski definition) is 0. The number of allylic oxidation sites excluding steroid dienone is 4. The first-order valence-corrected chi connectivity index (χ1v) is 18.7. The zero-order valence-electron chi connectivity index (χ0n) is 27.1. The average Bonchev–Trinajstić information content (AvgIpc) is 3.15. The Labute approximate surface area is 282 Å². The van der Waals surface area contributed by atoms with Gasteiger partial charge in [0.2, 0.25) is 8.07 Å². The molecule has 4 aromatic carbocycles. The summed E-state index contributed by atoms with van der Waals surface area (Å²) < 4.78 is 6.65. The smallest absolute Gasteiger partial charge is 0.202 e. The Morgan fingerprint density at radius 2 is 1.44 bits per heavy atom. The lowest BCUT2D eigenvalue weighted by molar-refractivity contribution is 0.477. The van der Waals surface area contributed by atoms with E-state index in [0.29, 0.717) is 0 Å². The molecule has 232 valence electrons. The summed E-state index contributed by atoms with van der Waals surface area (Å²) in [6.45, 7) is 4.78. The molecule has 2 aliphatic heterocycles. The molecule has 0 saturated heterocycles. The van der Waals surface area contributed by atoms with Crippen LogP contribution in [-0.2, 0) is 5.41 Å². The van der Waals surface area contributed by atoms with Crippen molar-refractivity contribution in [3.63, 3.8) is 0 Å². The van der Waals surface area contributed by atoms with Gasteiger partial charge in [-0.2, -0.15) is 0 Å². The lowest BCUT2D eigenvalue weighted by atomic mass is 9.75. The molecule has 0 radical (unpaired) electrons. The molecule has 2 aromatic heterocycles. The molecule has 4 heterocycles. The number of rotatable bonds is 4. The summed E-state index contributed by atoms with van der Waals surface area (Å²) in [7, 11) is -2.86. The molecule has 0 spiro atoms. The number of aromatic nitrogens is 2. The molecule has 0 amide bonds. The number of benzene rings is 4. The van der Waals surface area contributed by atoms with E-state index in [4.69, 9.17) is 9.72 Å². The summed E-state index contributed by atoms with van der Waals surface area (Å²) in [5, 5.41) is 5.35. The molecule has 1 aliphatic carbocycles. The molecular formula is C43H35N3OSi. The zero-order valence-corrected chi connectivity index (χ0v) is 28.1. The lowest BCUT2D eigenvalue weighted by Gasteiger charge is -2.49. The standard InChI is InChI=1S/C43H35N3OSi/c1-43(2)33-16-3-7-21-40(33)48(42-23-10-12-27-45-42,41-22-8-4-17-34(41)43)32-24-25-39-37(29-32)46(36-19-5-6-20-38(36)47-39)31-15-13-14-30(28-31)35-18-9-11-26-44-35/h3,5-7,9-29H,4,8H2,1-2H3. The van der Waals surface area contributed by atoms with Gasteiger partial charge >= 0.3 is 0 Å². The van der Waals surface area contributed by atoms with Gasteiger partial charge in [0.25, 0.3) is 0 Å². The van der Waals surface area contributed by atoms with Crippen LogP contribution >= 0.6 is 0 Å². The van der Waals surface area contributed by atoms with Crippen LogP contribution in [0.15, 0.2) is 163 Å². The van der Waals surface area contributed by atoms with E-state index in [1.807, 2.05) is 36.7 Å². The monoisotopic (exact) mass is 637 g/mol. The fourth-order valence-corrected chi connectivity index (χ4v) is 13.7. The number of nitrogens with zero attached hydrogens (tertiary/aromatic N) is 3. The highest BCUT2D eigenvalue weighted by molar-refractivity contribution is 7.16. The minimum atomic E-state index is -2.86. The van der Waals surface area contributed by atoms with E-state index in [-0.39, 0.29) is 5.41 Å². The van der Waals surface area contributed by atoms with Crippen molar-refractivity contribution in [1.82, 2.24) is 9.97 Å². The van der Waals surface area contributed by atoms with Gasteiger partial charge in [0, 0.05) is 34.4 Å². The number of ether oxygens (including phenoxy) is 1. The lowest BCUT2D eigenvalue weighted by Crippen LogP contribution is -2.73. The second kappa shape index (κ2) is 11.0. The Hall–Kier alpha value is -5.52. The van der Waals surface area contributed by atoms with Gasteiger partial charge < -0.3 is 9.64 Å². The number of para-hydroxylation sites is 2. The summed E-state index contributed by atoms with van der Waals surface area (Å²) in [4.78, 5) is 12.2. The van der Waals surface area contributed by atoms with Gasteiger partial charge in [-0.05, 0) is 100 Å². The summed E-state index contributed by atoms with van der Waals surface area (Å²) >= 11 is 0. The third kappa shape index (κ3) is 4.21. The maximum absolute atomic E-state index is 6.65. The van der Waals surface area contributed by atoms with Crippen molar-refractivity contribution in [1.29, 1.82) is 0 Å². The van der Waals surface area contributed by atoms with Gasteiger partial charge in [-0.25, -0.2) is 0 Å². The van der Waals surface area contributed by atoms with E-state index in [1.54, 1.807) is 0 Å². The van der Waals surface area contributed by atoms with Crippen molar-refractivity contribution in [3.8, 4) is 22.8 Å². The number of fused-ring (bicyclic) bond motifs is 4. The SMILES string of the molecule is CC1(C)C2=CCCC=C2[Si](c2ccc3c(c2)N(c2cccc(-c4ccccn4)c2)c2ccccc2O3)(c2ccccn2)c2ccccc21. The van der Waals surface area contributed by atoms with Gasteiger partial charge in [0.1, 0.15) is 0 Å². The minimum Gasteiger partial charge on any atom is -0.453 e. The average molecular weight is 638 g/mol. The second-order valence-electron chi connectivity index (χ2n) is 13.3. The molecule has 0 N–H and O–H groups in total. The van der Waals surface area contributed by atoms with Crippen molar-refractivity contribution in [2.45, 2.75) is 32.1 Å². The van der Waals surface area contributed by atoms with E-state index in [1.165, 1.54) is 26.7 Å². The van der Waals surface area contributed by atoms with Crippen molar-refractivity contribution in [3.05, 3.63) is 168 Å². The zero-order chi connectivity index (χ0) is 32.3. The summed E-state index contributed by atoms with van der Waals surface area (Å²) in [6, 6.07) is 45.5. The van der Waals surface area contributed by atoms with Crippen LogP contribution in [0.2, 0.25) is 0 Å². The number of pyridine rings is 2. The molecule has 1 unspecified atom stereocenters. The summed E-state index contributed by atoms with van der Waals surface area (Å²) in [5.74, 6) is 1.67. The topological polar surface area (TPSA) is 38.2 Å². The quantitative estimate of drug-likeness (QED) is 0.181. The third-order valence-electron chi connectivity index (χ3n) is 10.3. The van der Waals surface area contributed by atoms with Crippen molar-refractivity contribution in [2.75, 3.05) is 4.90 Å². The van der Waals surface area contributed by atoms with E-state index in [2.05, 4.69) is 139 Å².